The zero-order chi connectivity index (χ0) is 19.9. The van der Waals surface area contributed by atoms with Crippen molar-refractivity contribution in [2.75, 3.05) is 19.5 Å². The van der Waals surface area contributed by atoms with Crippen LogP contribution in [-0.4, -0.2) is 31.0 Å². The molecule has 0 radical (unpaired) electrons. The van der Waals surface area contributed by atoms with Gasteiger partial charge in [0.2, 0.25) is 5.91 Å². The van der Waals surface area contributed by atoms with Crippen molar-refractivity contribution in [3.8, 4) is 11.5 Å². The molecule has 0 fully saturated rings. The molecule has 9 heteroatoms. The molecule has 0 bridgehead atoms. The second kappa shape index (κ2) is 9.34. The molecular formula is C19H19N3O4S2. The molecule has 0 aliphatic heterocycles. The lowest BCUT2D eigenvalue weighted by Gasteiger charge is -2.13. The summed E-state index contributed by atoms with van der Waals surface area (Å²) in [5, 5.41) is 9.66. The molecule has 0 saturated carbocycles. The second-order valence-electron chi connectivity index (χ2n) is 5.68. The fourth-order valence-electron chi connectivity index (χ4n) is 2.53. The van der Waals surface area contributed by atoms with Gasteiger partial charge in [-0.3, -0.25) is 14.9 Å². The van der Waals surface area contributed by atoms with Crippen LogP contribution in [0, 0.1) is 0 Å². The summed E-state index contributed by atoms with van der Waals surface area (Å²) in [6.45, 7) is 0.311. The number of carbonyl (C=O) groups is 2. The van der Waals surface area contributed by atoms with Crippen LogP contribution in [0.15, 0.2) is 41.1 Å². The van der Waals surface area contributed by atoms with Crippen molar-refractivity contribution in [2.24, 2.45) is 0 Å². The predicted octanol–water partition coefficient (Wildman–Crippen LogP) is 3.33. The summed E-state index contributed by atoms with van der Waals surface area (Å²) in [6, 6.07) is 9.06. The minimum atomic E-state index is -0.203. The number of para-hydroxylation sites is 1. The maximum atomic E-state index is 12.3. The summed E-state index contributed by atoms with van der Waals surface area (Å²) >= 11 is 2.65. The Morgan fingerprint density at radius 2 is 1.96 bits per heavy atom. The van der Waals surface area contributed by atoms with Crippen molar-refractivity contribution in [2.45, 2.75) is 13.0 Å². The van der Waals surface area contributed by atoms with Crippen LogP contribution in [0.4, 0.5) is 5.13 Å². The second-order valence-corrected chi connectivity index (χ2v) is 7.49. The first kappa shape index (κ1) is 19.8. The van der Waals surface area contributed by atoms with Crippen molar-refractivity contribution < 1.29 is 19.1 Å². The average Bonchev–Trinajstić information content (AvgIpc) is 3.38. The molecule has 7 nitrogen and oxygen atoms in total. The fourth-order valence-corrected chi connectivity index (χ4v) is 3.85. The highest BCUT2D eigenvalue weighted by molar-refractivity contribution is 7.14. The van der Waals surface area contributed by atoms with Crippen molar-refractivity contribution >= 4 is 39.6 Å². The minimum Gasteiger partial charge on any atom is -0.493 e. The SMILES string of the molecule is COc1cccc(CNC(=O)Cc2csc(NC(=O)c3cccs3)n2)c1OC. The highest BCUT2D eigenvalue weighted by Crippen LogP contribution is 2.30. The molecule has 1 aromatic carbocycles. The Labute approximate surface area is 170 Å². The van der Waals surface area contributed by atoms with Crippen LogP contribution >= 0.6 is 22.7 Å². The van der Waals surface area contributed by atoms with Gasteiger partial charge in [0.15, 0.2) is 16.6 Å². The number of carbonyl (C=O) groups excluding carboxylic acids is 2. The van der Waals surface area contributed by atoms with Crippen LogP contribution in [0.2, 0.25) is 0 Å². The quantitative estimate of drug-likeness (QED) is 0.587. The van der Waals surface area contributed by atoms with Crippen LogP contribution in [0.5, 0.6) is 11.5 Å². The number of nitrogens with zero attached hydrogens (tertiary/aromatic N) is 1. The number of rotatable bonds is 8. The number of hydrogen-bond acceptors (Lipinski definition) is 7. The van der Waals surface area contributed by atoms with Gasteiger partial charge in [-0.1, -0.05) is 18.2 Å². The molecule has 0 unspecified atom stereocenters. The standard InChI is InChI=1S/C19H19N3O4S2/c1-25-14-6-3-5-12(17(14)26-2)10-20-16(23)9-13-11-28-19(21-13)22-18(24)15-7-4-8-27-15/h3-8,11H,9-10H2,1-2H3,(H,20,23)(H,21,22,24). The van der Waals surface area contributed by atoms with Gasteiger partial charge in [-0.2, -0.15) is 0 Å². The van der Waals surface area contributed by atoms with Gasteiger partial charge in [-0.15, -0.1) is 22.7 Å². The molecule has 146 valence electrons. The molecule has 0 saturated heterocycles. The molecule has 0 atom stereocenters. The van der Waals surface area contributed by atoms with E-state index in [1.807, 2.05) is 23.6 Å². The van der Waals surface area contributed by atoms with Crippen molar-refractivity contribution in [3.63, 3.8) is 0 Å². The molecule has 2 aromatic heterocycles. The van der Waals surface area contributed by atoms with Gasteiger partial charge in [-0.25, -0.2) is 4.98 Å². The lowest BCUT2D eigenvalue weighted by atomic mass is 10.2. The van der Waals surface area contributed by atoms with Crippen LogP contribution in [0.25, 0.3) is 0 Å². The number of thiophene rings is 1. The summed E-state index contributed by atoms with van der Waals surface area (Å²) in [7, 11) is 3.13. The highest BCUT2D eigenvalue weighted by Gasteiger charge is 2.13. The van der Waals surface area contributed by atoms with E-state index in [1.165, 1.54) is 22.7 Å². The van der Waals surface area contributed by atoms with Gasteiger partial charge >= 0.3 is 0 Å². The Morgan fingerprint density at radius 1 is 1.11 bits per heavy atom. The number of aromatic nitrogens is 1. The summed E-state index contributed by atoms with van der Waals surface area (Å²) in [6.07, 6.45) is 0.123. The maximum absolute atomic E-state index is 12.3. The van der Waals surface area contributed by atoms with Gasteiger partial charge < -0.3 is 14.8 Å². The number of nitrogens with one attached hydrogen (secondary N) is 2. The summed E-state index contributed by atoms with van der Waals surface area (Å²) in [5.74, 6) is 0.828. The van der Waals surface area contributed by atoms with E-state index in [1.54, 1.807) is 31.7 Å². The molecule has 0 aliphatic carbocycles. The maximum Gasteiger partial charge on any atom is 0.267 e. The molecule has 2 heterocycles. The minimum absolute atomic E-state index is 0.123. The van der Waals surface area contributed by atoms with E-state index in [-0.39, 0.29) is 18.2 Å². The summed E-state index contributed by atoms with van der Waals surface area (Å²) in [5.41, 5.74) is 1.42. The van der Waals surface area contributed by atoms with Crippen molar-refractivity contribution in [1.82, 2.24) is 10.3 Å². The third-order valence-corrected chi connectivity index (χ3v) is 5.49. The molecule has 0 aliphatic rings. The monoisotopic (exact) mass is 417 g/mol. The predicted molar refractivity (Wildman–Crippen MR) is 109 cm³/mol. The average molecular weight is 418 g/mol. The van der Waals surface area contributed by atoms with Crippen LogP contribution in [0.1, 0.15) is 20.9 Å². The zero-order valence-corrected chi connectivity index (χ0v) is 17.0. The molecule has 2 N–H and O–H groups in total. The Balaban J connectivity index is 1.55. The molecule has 2 amide bonds. The first-order valence-corrected chi connectivity index (χ1v) is 10.1. The number of amides is 2. The Hall–Kier alpha value is -2.91. The number of ether oxygens (including phenoxy) is 2. The number of benzene rings is 1. The van der Waals surface area contributed by atoms with E-state index in [0.717, 1.165) is 5.56 Å². The molecule has 0 spiro atoms. The van der Waals surface area contributed by atoms with E-state index in [9.17, 15) is 9.59 Å². The van der Waals surface area contributed by atoms with Gasteiger partial charge in [0.05, 0.1) is 31.2 Å². The summed E-state index contributed by atoms with van der Waals surface area (Å²) < 4.78 is 10.6. The Bertz CT molecular complexity index is 954. The topological polar surface area (TPSA) is 89.6 Å². The van der Waals surface area contributed by atoms with Crippen LogP contribution in [-0.2, 0) is 17.8 Å². The van der Waals surface area contributed by atoms with Gasteiger partial charge in [0.25, 0.3) is 5.91 Å². The molecule has 3 rings (SSSR count). The first-order valence-electron chi connectivity index (χ1n) is 8.36. The zero-order valence-electron chi connectivity index (χ0n) is 15.4. The largest absolute Gasteiger partial charge is 0.493 e. The van der Waals surface area contributed by atoms with Crippen LogP contribution in [0.3, 0.4) is 0 Å². The van der Waals surface area contributed by atoms with E-state index in [0.29, 0.717) is 33.7 Å². The van der Waals surface area contributed by atoms with E-state index >= 15 is 0 Å². The lowest BCUT2D eigenvalue weighted by molar-refractivity contribution is -0.120. The number of hydrogen-bond donors (Lipinski definition) is 2. The molecular weight excluding hydrogens is 398 g/mol. The van der Waals surface area contributed by atoms with E-state index < -0.39 is 0 Å². The first-order chi connectivity index (χ1) is 13.6. The Kier molecular flexibility index (Phi) is 6.62. The molecule has 3 aromatic rings. The van der Waals surface area contributed by atoms with E-state index in [2.05, 4.69) is 15.6 Å². The third-order valence-electron chi connectivity index (χ3n) is 3.82. The summed E-state index contributed by atoms with van der Waals surface area (Å²) in [4.78, 5) is 29.2. The van der Waals surface area contributed by atoms with Gasteiger partial charge in [-0.05, 0) is 17.5 Å². The van der Waals surface area contributed by atoms with Gasteiger partial charge in [0, 0.05) is 17.5 Å². The smallest absolute Gasteiger partial charge is 0.267 e. The fraction of sp³-hybridized carbons (Fsp3) is 0.211. The van der Waals surface area contributed by atoms with Crippen LogP contribution < -0.4 is 20.1 Å². The van der Waals surface area contributed by atoms with Crippen molar-refractivity contribution in [3.05, 3.63) is 57.2 Å². The third kappa shape index (κ3) is 4.87. The van der Waals surface area contributed by atoms with Crippen molar-refractivity contribution in [1.29, 1.82) is 0 Å². The normalized spacial score (nSPS) is 10.4. The highest BCUT2D eigenvalue weighted by atomic mass is 32.1. The number of methoxy groups -OCH3 is 2. The van der Waals surface area contributed by atoms with Gasteiger partial charge in [0.1, 0.15) is 0 Å². The lowest BCUT2D eigenvalue weighted by Crippen LogP contribution is -2.25. The number of anilines is 1. The number of thiazole rings is 1. The van der Waals surface area contributed by atoms with E-state index in [4.69, 9.17) is 9.47 Å². The molecule has 28 heavy (non-hydrogen) atoms. The Morgan fingerprint density at radius 3 is 2.68 bits per heavy atom.